The van der Waals surface area contributed by atoms with Crippen LogP contribution in [0.1, 0.15) is 6.42 Å². The highest BCUT2D eigenvalue weighted by Gasteiger charge is 2.53. The van der Waals surface area contributed by atoms with Gasteiger partial charge >= 0.3 is 0 Å². The Bertz CT molecular complexity index is 686. The molecule has 1 aromatic rings. The molecule has 1 heterocycles. The predicted octanol–water partition coefficient (Wildman–Crippen LogP) is -0.369. The first-order valence-corrected chi connectivity index (χ1v) is 9.25. The van der Waals surface area contributed by atoms with Gasteiger partial charge in [-0.2, -0.15) is 0 Å². The molecule has 8 nitrogen and oxygen atoms in total. The van der Waals surface area contributed by atoms with Crippen LogP contribution in [0, 0.1) is 5.92 Å². The van der Waals surface area contributed by atoms with Crippen molar-refractivity contribution in [3.63, 3.8) is 0 Å². The second kappa shape index (κ2) is 8.39. The second-order valence-electron chi connectivity index (χ2n) is 6.72. The highest BCUT2D eigenvalue weighted by atomic mass is 32.1. The summed E-state index contributed by atoms with van der Waals surface area (Å²) in [6.45, 7) is 0.777. The summed E-state index contributed by atoms with van der Waals surface area (Å²) < 4.78 is 10.2. The van der Waals surface area contributed by atoms with Crippen LogP contribution in [0.15, 0.2) is 24.3 Å². The van der Waals surface area contributed by atoms with Crippen LogP contribution in [0.2, 0.25) is 0 Å². The summed E-state index contributed by atoms with van der Waals surface area (Å²) >= 11 is 5.47. The van der Waals surface area contributed by atoms with E-state index in [1.165, 1.54) is 0 Å². The molecule has 0 radical (unpaired) electrons. The van der Waals surface area contributed by atoms with Crippen molar-refractivity contribution in [1.82, 2.24) is 10.6 Å². The van der Waals surface area contributed by atoms with Crippen LogP contribution in [0.4, 0.5) is 5.69 Å². The van der Waals surface area contributed by atoms with E-state index in [4.69, 9.17) is 21.7 Å². The Morgan fingerprint density at radius 1 is 1.33 bits per heavy atom. The number of nitrogens with one attached hydrogen (secondary N) is 2. The van der Waals surface area contributed by atoms with Crippen LogP contribution in [0.3, 0.4) is 0 Å². The van der Waals surface area contributed by atoms with Gasteiger partial charge in [-0.3, -0.25) is 4.79 Å². The first-order valence-electron chi connectivity index (χ1n) is 8.84. The number of hydrogen-bond acceptors (Lipinski definition) is 6. The number of benzene rings is 1. The van der Waals surface area contributed by atoms with Gasteiger partial charge in [-0.15, -0.1) is 0 Å². The van der Waals surface area contributed by atoms with Crippen molar-refractivity contribution in [3.05, 3.63) is 24.3 Å². The second-order valence-corrected chi connectivity index (χ2v) is 7.10. The molecular weight excluding hydrogens is 370 g/mol. The highest BCUT2D eigenvalue weighted by molar-refractivity contribution is 7.80. The molecule has 0 bridgehead atoms. The molecule has 0 spiro atoms. The van der Waals surface area contributed by atoms with E-state index < -0.39 is 30.2 Å². The molecule has 3 rings (SSSR count). The molecule has 5 atom stereocenters. The number of anilines is 1. The number of methoxy groups -OCH3 is 2. The summed E-state index contributed by atoms with van der Waals surface area (Å²) in [5.74, 6) is -0.0281. The molecule has 4 N–H and O–H groups in total. The standard InChI is InChI=1S/C18H25N3O5S/c1-25-8-7-19-17(24)12-9-13(22)16(23)14-15(12)21(18(27)20-14)10-3-5-11(26-2)6-4-10/h3-6,12-16,22-23H,7-9H2,1-2H3,(H,19,24)(H,20,27)/t12-,13+,14-,15+,16-/m0/s1. The van der Waals surface area contributed by atoms with Gasteiger partial charge in [0.2, 0.25) is 5.91 Å². The number of rotatable bonds is 6. The lowest BCUT2D eigenvalue weighted by Gasteiger charge is -2.41. The molecule has 1 saturated carbocycles. The van der Waals surface area contributed by atoms with Gasteiger partial charge in [0.1, 0.15) is 11.9 Å². The largest absolute Gasteiger partial charge is 0.497 e. The molecule has 2 fully saturated rings. The maximum absolute atomic E-state index is 12.8. The fourth-order valence-corrected chi connectivity index (χ4v) is 4.15. The number of amides is 1. The lowest BCUT2D eigenvalue weighted by Crippen LogP contribution is -2.61. The molecule has 1 aromatic carbocycles. The van der Waals surface area contributed by atoms with E-state index in [1.807, 2.05) is 29.2 Å². The van der Waals surface area contributed by atoms with Crippen molar-refractivity contribution in [2.75, 3.05) is 32.3 Å². The molecule has 9 heteroatoms. The first-order chi connectivity index (χ1) is 13.0. The number of fused-ring (bicyclic) bond motifs is 1. The van der Waals surface area contributed by atoms with Gasteiger partial charge in [0.25, 0.3) is 0 Å². The number of hydrogen-bond donors (Lipinski definition) is 4. The van der Waals surface area contributed by atoms with Crippen LogP contribution in [0.25, 0.3) is 0 Å². The molecule has 0 unspecified atom stereocenters. The predicted molar refractivity (Wildman–Crippen MR) is 104 cm³/mol. The minimum atomic E-state index is -1.01. The van der Waals surface area contributed by atoms with Gasteiger partial charge in [0, 0.05) is 19.3 Å². The van der Waals surface area contributed by atoms with E-state index in [9.17, 15) is 15.0 Å². The number of ether oxygens (including phenoxy) is 2. The number of carbonyl (C=O) groups excluding carboxylic acids is 1. The third-order valence-electron chi connectivity index (χ3n) is 5.14. The van der Waals surface area contributed by atoms with Gasteiger partial charge in [-0.25, -0.2) is 0 Å². The van der Waals surface area contributed by atoms with Gasteiger partial charge < -0.3 is 35.2 Å². The number of nitrogens with zero attached hydrogens (tertiary/aromatic N) is 1. The van der Waals surface area contributed by atoms with E-state index in [2.05, 4.69) is 10.6 Å². The van der Waals surface area contributed by atoms with E-state index in [0.29, 0.717) is 24.0 Å². The molecule has 2 aliphatic rings. The third kappa shape index (κ3) is 3.86. The third-order valence-corrected chi connectivity index (χ3v) is 5.45. The lowest BCUT2D eigenvalue weighted by atomic mass is 9.77. The molecule has 1 aliphatic carbocycles. The Morgan fingerprint density at radius 3 is 2.67 bits per heavy atom. The number of carbonyl (C=O) groups is 1. The number of aliphatic hydroxyl groups is 2. The van der Waals surface area contributed by atoms with E-state index in [0.717, 1.165) is 5.69 Å². The average molecular weight is 395 g/mol. The number of aliphatic hydroxyl groups excluding tert-OH is 2. The Hall–Kier alpha value is -1.94. The zero-order valence-electron chi connectivity index (χ0n) is 15.3. The van der Waals surface area contributed by atoms with Crippen LogP contribution in [-0.4, -0.2) is 72.9 Å². The molecule has 1 saturated heterocycles. The van der Waals surface area contributed by atoms with Crippen LogP contribution in [-0.2, 0) is 9.53 Å². The Balaban J connectivity index is 1.89. The fourth-order valence-electron chi connectivity index (χ4n) is 3.79. The summed E-state index contributed by atoms with van der Waals surface area (Å²) in [5, 5.41) is 27.0. The minimum absolute atomic E-state index is 0.151. The Labute approximate surface area is 163 Å². The van der Waals surface area contributed by atoms with Crippen LogP contribution < -0.4 is 20.3 Å². The van der Waals surface area contributed by atoms with E-state index >= 15 is 0 Å². The molecule has 148 valence electrons. The van der Waals surface area contributed by atoms with Crippen molar-refractivity contribution in [2.24, 2.45) is 5.92 Å². The summed E-state index contributed by atoms with van der Waals surface area (Å²) in [5.41, 5.74) is 0.791. The summed E-state index contributed by atoms with van der Waals surface area (Å²) in [7, 11) is 3.15. The fraction of sp³-hybridized carbons (Fsp3) is 0.556. The Kier molecular flexibility index (Phi) is 6.15. The van der Waals surface area contributed by atoms with Crippen molar-refractivity contribution >= 4 is 28.9 Å². The van der Waals surface area contributed by atoms with Gasteiger partial charge in [-0.1, -0.05) is 0 Å². The lowest BCUT2D eigenvalue weighted by molar-refractivity contribution is -0.131. The van der Waals surface area contributed by atoms with Crippen LogP contribution in [0.5, 0.6) is 5.75 Å². The zero-order valence-corrected chi connectivity index (χ0v) is 16.1. The zero-order chi connectivity index (χ0) is 19.6. The molecule has 0 aromatic heterocycles. The quantitative estimate of drug-likeness (QED) is 0.382. The molecule has 1 amide bonds. The van der Waals surface area contributed by atoms with E-state index in [1.54, 1.807) is 14.2 Å². The van der Waals surface area contributed by atoms with Crippen LogP contribution >= 0.6 is 12.2 Å². The van der Waals surface area contributed by atoms with Crippen molar-refractivity contribution in [3.8, 4) is 5.75 Å². The van der Waals surface area contributed by atoms with Gasteiger partial charge in [0.05, 0.1) is 37.8 Å². The monoisotopic (exact) mass is 395 g/mol. The molecule has 27 heavy (non-hydrogen) atoms. The van der Waals surface area contributed by atoms with Crippen molar-refractivity contribution in [2.45, 2.75) is 30.7 Å². The average Bonchev–Trinajstić information content (AvgIpc) is 3.02. The normalized spacial score (nSPS) is 29.9. The summed E-state index contributed by atoms with van der Waals surface area (Å²) in [6.07, 6.45) is -1.87. The first kappa shape index (κ1) is 19.8. The SMILES string of the molecule is COCCNC(=O)[C@H]1C[C@@H](O)[C@H](O)[C@H]2NC(=S)N(c3ccc(OC)cc3)[C@@H]21. The summed E-state index contributed by atoms with van der Waals surface area (Å²) in [6, 6.07) is 6.38. The molecule has 1 aliphatic heterocycles. The number of thiocarbonyl (C=S) groups is 1. The van der Waals surface area contributed by atoms with Gasteiger partial charge in [0.15, 0.2) is 5.11 Å². The van der Waals surface area contributed by atoms with Crippen molar-refractivity contribution < 1.29 is 24.5 Å². The topological polar surface area (TPSA) is 103 Å². The van der Waals surface area contributed by atoms with Crippen molar-refractivity contribution in [1.29, 1.82) is 0 Å². The van der Waals surface area contributed by atoms with E-state index in [-0.39, 0.29) is 12.3 Å². The maximum atomic E-state index is 12.8. The molecular formula is C18H25N3O5S. The minimum Gasteiger partial charge on any atom is -0.497 e. The highest BCUT2D eigenvalue weighted by Crippen LogP contribution is 2.37. The smallest absolute Gasteiger partial charge is 0.225 e. The maximum Gasteiger partial charge on any atom is 0.225 e. The van der Waals surface area contributed by atoms with Gasteiger partial charge in [-0.05, 0) is 42.9 Å². The summed E-state index contributed by atoms with van der Waals surface area (Å²) in [4.78, 5) is 14.6. The Morgan fingerprint density at radius 2 is 2.04 bits per heavy atom.